The van der Waals surface area contributed by atoms with Crippen LogP contribution in [0.4, 0.5) is 16.3 Å². The van der Waals surface area contributed by atoms with Gasteiger partial charge in [-0.3, -0.25) is 43.9 Å². The second-order valence-corrected chi connectivity index (χ2v) is 20.1. The molecule has 7 amide bonds. The molecule has 24 nitrogen and oxygen atoms in total. The Bertz CT molecular complexity index is 3150. The van der Waals surface area contributed by atoms with Crippen molar-refractivity contribution in [3.05, 3.63) is 136 Å². The number of fused-ring (bicyclic) bond motifs is 1. The second kappa shape index (κ2) is 32.5. The quantitative estimate of drug-likeness (QED) is 0.0331. The number of aryl methyl sites for hydroxylation is 1. The zero-order chi connectivity index (χ0) is 59.8. The number of urea groups is 1. The van der Waals surface area contributed by atoms with Crippen LogP contribution in [0.3, 0.4) is 0 Å². The molecule has 4 heterocycles. The third-order valence-electron chi connectivity index (χ3n) is 14.2. The van der Waals surface area contributed by atoms with Gasteiger partial charge in [0.1, 0.15) is 36.0 Å². The number of nitrogens with one attached hydrogen (secondary N) is 4. The van der Waals surface area contributed by atoms with E-state index in [4.69, 9.17) is 43.2 Å². The molecule has 2 aliphatic heterocycles. The van der Waals surface area contributed by atoms with Crippen molar-refractivity contribution in [1.82, 2.24) is 30.4 Å². The molecule has 8 rings (SSSR count). The normalized spacial score (nSPS) is 16.5. The fourth-order valence-electron chi connectivity index (χ4n) is 9.75. The average Bonchev–Trinajstić information content (AvgIpc) is 2.03. The molecule has 2 fully saturated rings. The highest BCUT2D eigenvalue weighted by Crippen LogP contribution is 2.34. The van der Waals surface area contributed by atoms with Crippen molar-refractivity contribution < 1.29 is 66.7 Å². The molecule has 2 aromatic heterocycles. The van der Waals surface area contributed by atoms with Crippen molar-refractivity contribution in [1.29, 1.82) is 5.26 Å². The van der Waals surface area contributed by atoms with Gasteiger partial charge in [0, 0.05) is 62.8 Å². The summed E-state index contributed by atoms with van der Waals surface area (Å²) >= 11 is 0. The van der Waals surface area contributed by atoms with Gasteiger partial charge in [-0.2, -0.15) is 5.26 Å². The van der Waals surface area contributed by atoms with Crippen LogP contribution in [-0.2, 0) is 56.4 Å². The number of benzene rings is 3. The van der Waals surface area contributed by atoms with Crippen LogP contribution in [0.5, 0.6) is 11.5 Å². The molecule has 24 heteroatoms. The van der Waals surface area contributed by atoms with Crippen LogP contribution in [0.25, 0.3) is 11.1 Å². The maximum absolute atomic E-state index is 14.1. The molecular formula is C61H71N9O15. The summed E-state index contributed by atoms with van der Waals surface area (Å²) in [6.07, 6.45) is 6.60. The SMILES string of the molecule is Cn1cc(-c2ccc(N(C(=O)NCc3ccc(OCCOCCOCCOCCOCCOCCOCCNC(=O)COc4cccc5c4C(=O)N(C4CCC(=O)NC4=O)C5=O)cc3)C3CCC(Nc4ccc(C#N)cn4)CC3)cc2)ccc1=O. The number of carbonyl (C=O) groups is 6. The zero-order valence-electron chi connectivity index (χ0n) is 47.5. The van der Waals surface area contributed by atoms with E-state index in [0.29, 0.717) is 97.1 Å². The summed E-state index contributed by atoms with van der Waals surface area (Å²) in [6, 6.07) is 27.7. The average molecular weight is 1170 g/mol. The molecule has 85 heavy (non-hydrogen) atoms. The van der Waals surface area contributed by atoms with Gasteiger partial charge in [0.05, 0.1) is 96.0 Å². The van der Waals surface area contributed by atoms with E-state index in [9.17, 15) is 33.6 Å². The molecule has 1 saturated heterocycles. The molecule has 5 aromatic rings. The Labute approximate surface area is 491 Å². The van der Waals surface area contributed by atoms with Crippen LogP contribution in [0.15, 0.2) is 108 Å². The van der Waals surface area contributed by atoms with Gasteiger partial charge in [-0.05, 0) is 103 Å². The minimum absolute atomic E-state index is 0.000432. The minimum atomic E-state index is -1.11. The predicted octanol–water partition coefficient (Wildman–Crippen LogP) is 4.53. The highest BCUT2D eigenvalue weighted by molar-refractivity contribution is 6.24. The van der Waals surface area contributed by atoms with E-state index in [1.165, 1.54) is 18.2 Å². The topological polar surface area (TPSA) is 290 Å². The number of anilines is 2. The van der Waals surface area contributed by atoms with Gasteiger partial charge >= 0.3 is 6.03 Å². The lowest BCUT2D eigenvalue weighted by Crippen LogP contribution is -2.54. The van der Waals surface area contributed by atoms with Crippen molar-refractivity contribution in [2.24, 2.45) is 7.05 Å². The van der Waals surface area contributed by atoms with E-state index >= 15 is 0 Å². The number of piperidine rings is 1. The number of hydrogen-bond donors (Lipinski definition) is 4. The standard InChI is InChI=1S/C61H71N9O15/c1-68-40-45(10-22-56(68)73)44-8-13-47(14-9-44)69(48-15-11-46(12-16-48)66-53-20-7-43(37-62)39-64-53)61(77)65-38-42-5-17-49(18-6-42)84-36-35-83-34-33-82-32-31-81-30-29-80-28-27-79-26-25-78-24-23-63-55(72)41-85-52-4-2-3-50-57(52)60(76)70(59(50)75)51-19-21-54(71)67-58(51)74/h2-10,13-14,17-18,20,22,39-40,46,48,51H,11-12,15-16,19,21,23-36,38,41H2,1H3,(H,63,72)(H,64,66)(H,65,77)(H,67,71,74). The summed E-state index contributed by atoms with van der Waals surface area (Å²) in [5, 5.41) is 20.6. The molecule has 3 aliphatic rings. The molecule has 1 aliphatic carbocycles. The van der Waals surface area contributed by atoms with Gasteiger partial charge < -0.3 is 58.4 Å². The lowest BCUT2D eigenvalue weighted by atomic mass is 9.89. The van der Waals surface area contributed by atoms with E-state index in [1.807, 2.05) is 59.5 Å². The van der Waals surface area contributed by atoms with Crippen LogP contribution in [0.1, 0.15) is 70.4 Å². The van der Waals surface area contributed by atoms with Crippen LogP contribution in [-0.4, -0.2) is 167 Å². The summed E-state index contributed by atoms with van der Waals surface area (Å²) in [6.45, 7) is 4.86. The minimum Gasteiger partial charge on any atom is -0.491 e. The number of amides is 7. The van der Waals surface area contributed by atoms with E-state index in [0.717, 1.165) is 58.8 Å². The van der Waals surface area contributed by atoms with Gasteiger partial charge in [-0.15, -0.1) is 0 Å². The Hall–Kier alpha value is -8.57. The third kappa shape index (κ3) is 18.5. The van der Waals surface area contributed by atoms with Crippen molar-refractivity contribution in [2.45, 2.75) is 63.2 Å². The number of nitrogens with zero attached hydrogens (tertiary/aromatic N) is 5. The fraction of sp³-hybridized carbons (Fsp3) is 0.426. The van der Waals surface area contributed by atoms with Crippen LogP contribution < -0.4 is 41.2 Å². The predicted molar refractivity (Wildman–Crippen MR) is 309 cm³/mol. The van der Waals surface area contributed by atoms with Crippen molar-refractivity contribution >= 4 is 47.1 Å². The van der Waals surface area contributed by atoms with Gasteiger partial charge in [-0.25, -0.2) is 9.78 Å². The van der Waals surface area contributed by atoms with Gasteiger partial charge in [0.15, 0.2) is 6.61 Å². The summed E-state index contributed by atoms with van der Waals surface area (Å²) < 4.78 is 46.4. The number of hydrogen-bond acceptors (Lipinski definition) is 18. The molecule has 0 radical (unpaired) electrons. The monoisotopic (exact) mass is 1170 g/mol. The highest BCUT2D eigenvalue weighted by Gasteiger charge is 2.46. The first-order chi connectivity index (χ1) is 41.4. The summed E-state index contributed by atoms with van der Waals surface area (Å²) in [4.78, 5) is 95.7. The number of imide groups is 2. The Balaban J connectivity index is 0.607. The maximum Gasteiger partial charge on any atom is 0.322 e. The lowest BCUT2D eigenvalue weighted by Gasteiger charge is -2.37. The summed E-state index contributed by atoms with van der Waals surface area (Å²) in [5.74, 6) is -1.61. The maximum atomic E-state index is 14.1. The molecule has 4 N–H and O–H groups in total. The third-order valence-corrected chi connectivity index (χ3v) is 14.2. The van der Waals surface area contributed by atoms with E-state index in [-0.39, 0.29) is 66.5 Å². The molecule has 1 atom stereocenters. The van der Waals surface area contributed by atoms with E-state index in [1.54, 1.807) is 42.2 Å². The molecule has 0 bridgehead atoms. The number of rotatable bonds is 33. The molecule has 450 valence electrons. The zero-order valence-corrected chi connectivity index (χ0v) is 47.5. The fourth-order valence-corrected chi connectivity index (χ4v) is 9.75. The van der Waals surface area contributed by atoms with E-state index in [2.05, 4.69) is 32.3 Å². The largest absolute Gasteiger partial charge is 0.491 e. The lowest BCUT2D eigenvalue weighted by molar-refractivity contribution is -0.136. The number of aromatic nitrogens is 2. The van der Waals surface area contributed by atoms with E-state index < -0.39 is 42.2 Å². The number of ether oxygens (including phenoxy) is 8. The second-order valence-electron chi connectivity index (χ2n) is 20.1. The molecule has 3 aromatic carbocycles. The van der Waals surface area contributed by atoms with Crippen LogP contribution in [0, 0.1) is 11.3 Å². The molecule has 1 unspecified atom stereocenters. The highest BCUT2D eigenvalue weighted by atomic mass is 16.6. The first-order valence-electron chi connectivity index (χ1n) is 28.3. The smallest absolute Gasteiger partial charge is 0.322 e. The Morgan fingerprint density at radius 1 is 0.682 bits per heavy atom. The van der Waals surface area contributed by atoms with Crippen molar-refractivity contribution in [2.75, 3.05) is 109 Å². The summed E-state index contributed by atoms with van der Waals surface area (Å²) in [7, 11) is 1.72. The van der Waals surface area contributed by atoms with Gasteiger partial charge in [0.25, 0.3) is 17.7 Å². The molecule has 0 spiro atoms. The Kier molecular flexibility index (Phi) is 23.9. The molecule has 1 saturated carbocycles. The van der Waals surface area contributed by atoms with Crippen molar-refractivity contribution in [3.8, 4) is 28.7 Å². The van der Waals surface area contributed by atoms with Gasteiger partial charge in [0.2, 0.25) is 17.4 Å². The Morgan fingerprint density at radius 2 is 1.32 bits per heavy atom. The number of pyridine rings is 2. The summed E-state index contributed by atoms with van der Waals surface area (Å²) in [5.41, 5.74) is 3.96. The number of carbonyl (C=O) groups excluding carboxylic acids is 6. The Morgan fingerprint density at radius 3 is 1.93 bits per heavy atom. The number of nitriles is 1. The first kappa shape index (κ1) is 62.5. The first-order valence-corrected chi connectivity index (χ1v) is 28.3. The van der Waals surface area contributed by atoms with Gasteiger partial charge in [-0.1, -0.05) is 30.3 Å². The van der Waals surface area contributed by atoms with Crippen LogP contribution in [0.2, 0.25) is 0 Å². The molecular weight excluding hydrogens is 1100 g/mol. The van der Waals surface area contributed by atoms with Crippen molar-refractivity contribution in [3.63, 3.8) is 0 Å². The van der Waals surface area contributed by atoms with Crippen LogP contribution >= 0.6 is 0 Å².